The molecule has 1 unspecified atom stereocenters. The lowest BCUT2D eigenvalue weighted by atomic mass is 9.92. The van der Waals surface area contributed by atoms with Gasteiger partial charge in [-0.3, -0.25) is 4.79 Å². The molecular weight excluding hydrogens is 394 g/mol. The molecule has 144 valence electrons. The lowest BCUT2D eigenvalue weighted by molar-refractivity contribution is 0.0695. The molecule has 0 spiro atoms. The average Bonchev–Trinajstić information content (AvgIpc) is 3.21. The highest BCUT2D eigenvalue weighted by Gasteiger charge is 2.33. The second kappa shape index (κ2) is 7.86. The van der Waals surface area contributed by atoms with E-state index in [1.165, 1.54) is 24.7 Å². The first-order valence-corrected chi connectivity index (χ1v) is 10.2. The zero-order valence-electron chi connectivity index (χ0n) is 15.6. The number of fused-ring (bicyclic) bond motifs is 1. The molecule has 1 aromatic heterocycles. The SMILES string of the molecule is COc1cc(C(=O)N2CCc3sccc3C2c2ccccc2)cc(Cl)c1OC. The van der Waals surface area contributed by atoms with E-state index in [0.717, 1.165) is 12.0 Å². The summed E-state index contributed by atoms with van der Waals surface area (Å²) in [5.74, 6) is 0.801. The standard InChI is InChI=1S/C22H20ClNO3S/c1-26-18-13-15(12-17(23)21(18)27-2)22(25)24-10-8-19-16(9-11-28-19)20(24)14-6-4-3-5-7-14/h3-7,9,11-13,20H,8,10H2,1-2H3. The Morgan fingerprint density at radius 1 is 1.14 bits per heavy atom. The molecule has 4 rings (SSSR count). The zero-order chi connectivity index (χ0) is 19.7. The molecule has 3 aromatic rings. The van der Waals surface area contributed by atoms with E-state index >= 15 is 0 Å². The Morgan fingerprint density at radius 2 is 1.93 bits per heavy atom. The molecule has 1 aliphatic rings. The van der Waals surface area contributed by atoms with Crippen LogP contribution in [0.1, 0.15) is 32.4 Å². The number of halogens is 1. The van der Waals surface area contributed by atoms with Gasteiger partial charge >= 0.3 is 0 Å². The molecule has 0 radical (unpaired) electrons. The maximum absolute atomic E-state index is 13.5. The van der Waals surface area contributed by atoms with Gasteiger partial charge in [0.1, 0.15) is 0 Å². The largest absolute Gasteiger partial charge is 0.493 e. The molecule has 6 heteroatoms. The van der Waals surface area contributed by atoms with Crippen LogP contribution >= 0.6 is 22.9 Å². The number of amides is 1. The highest BCUT2D eigenvalue weighted by atomic mass is 35.5. The number of hydrogen-bond donors (Lipinski definition) is 0. The summed E-state index contributed by atoms with van der Waals surface area (Å²) in [5, 5.41) is 2.46. The van der Waals surface area contributed by atoms with Crippen molar-refractivity contribution in [3.8, 4) is 11.5 Å². The maximum Gasteiger partial charge on any atom is 0.254 e. The second-order valence-electron chi connectivity index (χ2n) is 6.55. The molecule has 4 nitrogen and oxygen atoms in total. The minimum Gasteiger partial charge on any atom is -0.493 e. The minimum atomic E-state index is -0.115. The summed E-state index contributed by atoms with van der Waals surface area (Å²) in [6.07, 6.45) is 0.850. The first kappa shape index (κ1) is 18.8. The summed E-state index contributed by atoms with van der Waals surface area (Å²) in [7, 11) is 3.06. The van der Waals surface area contributed by atoms with Crippen molar-refractivity contribution in [2.75, 3.05) is 20.8 Å². The summed E-state index contributed by atoms with van der Waals surface area (Å²) in [6, 6.07) is 15.5. The van der Waals surface area contributed by atoms with E-state index in [9.17, 15) is 4.79 Å². The highest BCUT2D eigenvalue weighted by Crippen LogP contribution is 2.40. The number of methoxy groups -OCH3 is 2. The summed E-state index contributed by atoms with van der Waals surface area (Å²) in [6.45, 7) is 0.651. The fourth-order valence-corrected chi connectivity index (χ4v) is 4.93. The molecule has 28 heavy (non-hydrogen) atoms. The zero-order valence-corrected chi connectivity index (χ0v) is 17.2. The number of hydrogen-bond acceptors (Lipinski definition) is 4. The van der Waals surface area contributed by atoms with Crippen molar-refractivity contribution in [3.05, 3.63) is 80.5 Å². The molecule has 2 heterocycles. The lowest BCUT2D eigenvalue weighted by Crippen LogP contribution is -2.40. The number of benzene rings is 2. The van der Waals surface area contributed by atoms with Gasteiger partial charge in [-0.1, -0.05) is 41.9 Å². The number of rotatable bonds is 4. The molecule has 0 aliphatic carbocycles. The molecule has 1 amide bonds. The second-order valence-corrected chi connectivity index (χ2v) is 7.96. The Hall–Kier alpha value is -2.50. The molecule has 0 bridgehead atoms. The molecule has 0 saturated carbocycles. The number of thiophene rings is 1. The summed E-state index contributed by atoms with van der Waals surface area (Å²) in [4.78, 5) is 16.8. The third-order valence-corrected chi connectivity index (χ3v) is 6.30. The number of nitrogens with zero attached hydrogens (tertiary/aromatic N) is 1. The fourth-order valence-electron chi connectivity index (χ4n) is 3.74. The van der Waals surface area contributed by atoms with Gasteiger partial charge in [0.15, 0.2) is 11.5 Å². The third-order valence-electron chi connectivity index (χ3n) is 5.02. The topological polar surface area (TPSA) is 38.8 Å². The fraction of sp³-hybridized carbons (Fsp3) is 0.227. The van der Waals surface area contributed by atoms with Crippen molar-refractivity contribution >= 4 is 28.8 Å². The van der Waals surface area contributed by atoms with Gasteiger partial charge in [-0.05, 0) is 41.1 Å². The predicted octanol–water partition coefficient (Wildman–Crippen LogP) is 5.21. The minimum absolute atomic E-state index is 0.0754. The first-order valence-electron chi connectivity index (χ1n) is 8.97. The molecule has 0 N–H and O–H groups in total. The molecule has 2 aromatic carbocycles. The van der Waals surface area contributed by atoms with Crippen LogP contribution in [-0.2, 0) is 6.42 Å². The van der Waals surface area contributed by atoms with Gasteiger partial charge in [-0.15, -0.1) is 11.3 Å². The summed E-state index contributed by atoms with van der Waals surface area (Å²) in [5.41, 5.74) is 2.78. The van der Waals surface area contributed by atoms with Crippen LogP contribution in [0.5, 0.6) is 11.5 Å². The van der Waals surface area contributed by atoms with Crippen LogP contribution in [0.15, 0.2) is 53.9 Å². The van der Waals surface area contributed by atoms with Gasteiger partial charge < -0.3 is 14.4 Å². The van der Waals surface area contributed by atoms with Gasteiger partial charge in [0.2, 0.25) is 0 Å². The summed E-state index contributed by atoms with van der Waals surface area (Å²) < 4.78 is 10.7. The Morgan fingerprint density at radius 3 is 2.64 bits per heavy atom. The third kappa shape index (κ3) is 3.25. The first-order chi connectivity index (χ1) is 13.6. The predicted molar refractivity (Wildman–Crippen MR) is 112 cm³/mol. The van der Waals surface area contributed by atoms with Crippen LogP contribution in [0, 0.1) is 0 Å². The normalized spacial score (nSPS) is 15.8. The Labute approximate surface area is 173 Å². The quantitative estimate of drug-likeness (QED) is 0.589. The van der Waals surface area contributed by atoms with Crippen LogP contribution < -0.4 is 9.47 Å². The van der Waals surface area contributed by atoms with E-state index in [2.05, 4.69) is 23.6 Å². The van der Waals surface area contributed by atoms with E-state index in [0.29, 0.717) is 28.6 Å². The number of carbonyl (C=O) groups excluding carboxylic acids is 1. The van der Waals surface area contributed by atoms with Crippen LogP contribution in [0.4, 0.5) is 0 Å². The van der Waals surface area contributed by atoms with E-state index in [1.54, 1.807) is 23.5 Å². The molecule has 0 fully saturated rings. The van der Waals surface area contributed by atoms with Gasteiger partial charge in [0.25, 0.3) is 5.91 Å². The van der Waals surface area contributed by atoms with E-state index in [1.807, 2.05) is 23.1 Å². The van der Waals surface area contributed by atoms with E-state index in [4.69, 9.17) is 21.1 Å². The average molecular weight is 414 g/mol. The van der Waals surface area contributed by atoms with Crippen molar-refractivity contribution in [2.24, 2.45) is 0 Å². The lowest BCUT2D eigenvalue weighted by Gasteiger charge is -2.36. The monoisotopic (exact) mass is 413 g/mol. The smallest absolute Gasteiger partial charge is 0.254 e. The Kier molecular flexibility index (Phi) is 5.29. The van der Waals surface area contributed by atoms with Crippen molar-refractivity contribution < 1.29 is 14.3 Å². The van der Waals surface area contributed by atoms with Crippen LogP contribution in [0.3, 0.4) is 0 Å². The van der Waals surface area contributed by atoms with Crippen molar-refractivity contribution in [3.63, 3.8) is 0 Å². The Bertz CT molecular complexity index is 1000. The van der Waals surface area contributed by atoms with Gasteiger partial charge in [-0.2, -0.15) is 0 Å². The van der Waals surface area contributed by atoms with E-state index < -0.39 is 0 Å². The molecule has 1 atom stereocenters. The number of ether oxygens (including phenoxy) is 2. The van der Waals surface area contributed by atoms with Gasteiger partial charge in [0.05, 0.1) is 25.3 Å². The van der Waals surface area contributed by atoms with Crippen LogP contribution in [0.25, 0.3) is 0 Å². The van der Waals surface area contributed by atoms with Crippen molar-refractivity contribution in [1.29, 1.82) is 0 Å². The van der Waals surface area contributed by atoms with Gasteiger partial charge in [0, 0.05) is 17.0 Å². The molecular formula is C22H20ClNO3S. The summed E-state index contributed by atoms with van der Waals surface area (Å²) >= 11 is 8.09. The van der Waals surface area contributed by atoms with E-state index in [-0.39, 0.29) is 11.9 Å². The van der Waals surface area contributed by atoms with Gasteiger partial charge in [-0.25, -0.2) is 0 Å². The highest BCUT2D eigenvalue weighted by molar-refractivity contribution is 7.10. The van der Waals surface area contributed by atoms with Crippen LogP contribution in [0.2, 0.25) is 5.02 Å². The molecule has 1 aliphatic heterocycles. The Balaban J connectivity index is 1.77. The maximum atomic E-state index is 13.5. The van der Waals surface area contributed by atoms with Crippen LogP contribution in [-0.4, -0.2) is 31.6 Å². The van der Waals surface area contributed by atoms with Crippen molar-refractivity contribution in [2.45, 2.75) is 12.5 Å². The van der Waals surface area contributed by atoms with Crippen molar-refractivity contribution in [1.82, 2.24) is 4.90 Å². The number of carbonyl (C=O) groups is 1. The molecule has 0 saturated heterocycles.